The maximum absolute atomic E-state index is 9.88. The topological polar surface area (TPSA) is 79.2 Å². The van der Waals surface area contributed by atoms with Crippen LogP contribution in [0, 0.1) is 5.92 Å². The number of ether oxygens (including phenoxy) is 2. The Morgan fingerprint density at radius 2 is 2.00 bits per heavy atom. The summed E-state index contributed by atoms with van der Waals surface area (Å²) in [7, 11) is 1.40. The molecule has 1 aliphatic rings. The molecule has 90 valence electrons. The van der Waals surface area contributed by atoms with E-state index in [-0.39, 0.29) is 12.5 Å². The first-order valence-electron chi connectivity index (χ1n) is 5.20. The van der Waals surface area contributed by atoms with Gasteiger partial charge in [-0.2, -0.15) is 0 Å². The number of methoxy groups -OCH3 is 1. The molecule has 0 aromatic carbocycles. The van der Waals surface area contributed by atoms with Gasteiger partial charge in [-0.3, -0.25) is 0 Å². The van der Waals surface area contributed by atoms with E-state index in [4.69, 9.17) is 14.6 Å². The van der Waals surface area contributed by atoms with Gasteiger partial charge in [0.1, 0.15) is 6.10 Å². The van der Waals surface area contributed by atoms with Crippen LogP contribution < -0.4 is 0 Å². The van der Waals surface area contributed by atoms with E-state index in [0.717, 1.165) is 0 Å². The van der Waals surface area contributed by atoms with Crippen LogP contribution in [0.3, 0.4) is 0 Å². The Labute approximate surface area is 89.6 Å². The second-order valence-electron chi connectivity index (χ2n) is 4.07. The molecule has 1 fully saturated rings. The van der Waals surface area contributed by atoms with E-state index >= 15 is 0 Å². The van der Waals surface area contributed by atoms with Gasteiger partial charge in [0, 0.05) is 13.0 Å². The van der Waals surface area contributed by atoms with Crippen LogP contribution >= 0.6 is 0 Å². The average Bonchev–Trinajstić information content (AvgIpc) is 2.25. The fraction of sp³-hybridized carbons (Fsp3) is 1.00. The van der Waals surface area contributed by atoms with Crippen LogP contribution in [0.1, 0.15) is 20.3 Å². The van der Waals surface area contributed by atoms with Crippen LogP contribution in [0.4, 0.5) is 0 Å². The summed E-state index contributed by atoms with van der Waals surface area (Å²) in [5, 5.41) is 28.9. The zero-order valence-electron chi connectivity index (χ0n) is 9.38. The van der Waals surface area contributed by atoms with Crippen molar-refractivity contribution in [3.8, 4) is 0 Å². The van der Waals surface area contributed by atoms with Crippen molar-refractivity contribution >= 4 is 0 Å². The van der Waals surface area contributed by atoms with Crippen LogP contribution in [0.15, 0.2) is 0 Å². The zero-order valence-corrected chi connectivity index (χ0v) is 9.38. The Bertz CT molecular complexity index is 206. The molecule has 5 heteroatoms. The molecular weight excluding hydrogens is 200 g/mol. The largest absolute Gasteiger partial charge is 0.394 e. The maximum Gasteiger partial charge on any atom is 0.194 e. The van der Waals surface area contributed by atoms with Gasteiger partial charge in [0.2, 0.25) is 0 Å². The summed E-state index contributed by atoms with van der Waals surface area (Å²) < 4.78 is 10.5. The third-order valence-corrected chi connectivity index (χ3v) is 3.22. The minimum absolute atomic E-state index is 0.193. The number of hydrogen-bond acceptors (Lipinski definition) is 5. The number of aliphatic hydroxyl groups excluding tert-OH is 3. The molecule has 1 aliphatic heterocycles. The summed E-state index contributed by atoms with van der Waals surface area (Å²) in [5.74, 6) is -1.52. The van der Waals surface area contributed by atoms with E-state index in [1.165, 1.54) is 7.11 Å². The summed E-state index contributed by atoms with van der Waals surface area (Å²) in [6.45, 7) is 3.23. The van der Waals surface area contributed by atoms with Crippen LogP contribution in [-0.2, 0) is 9.47 Å². The van der Waals surface area contributed by atoms with Crippen LogP contribution in [0.5, 0.6) is 0 Å². The van der Waals surface area contributed by atoms with Gasteiger partial charge in [-0.1, -0.05) is 6.92 Å². The lowest BCUT2D eigenvalue weighted by Crippen LogP contribution is -2.62. The third-order valence-electron chi connectivity index (χ3n) is 3.22. The lowest BCUT2D eigenvalue weighted by atomic mass is 9.84. The van der Waals surface area contributed by atoms with Crippen LogP contribution in [0.25, 0.3) is 0 Å². The summed E-state index contributed by atoms with van der Waals surface area (Å²) in [6, 6.07) is 0. The number of hydrogen-bond donors (Lipinski definition) is 3. The summed E-state index contributed by atoms with van der Waals surface area (Å²) in [6.07, 6.45) is -1.91. The molecule has 0 aliphatic carbocycles. The monoisotopic (exact) mass is 220 g/mol. The molecule has 0 aromatic heterocycles. The van der Waals surface area contributed by atoms with Crippen molar-refractivity contribution in [1.29, 1.82) is 0 Å². The smallest absolute Gasteiger partial charge is 0.194 e. The SMILES string of the molecule is CCC1C(CO)OC(C)(OC)C(O)C1O. The van der Waals surface area contributed by atoms with Gasteiger partial charge >= 0.3 is 0 Å². The van der Waals surface area contributed by atoms with Crippen molar-refractivity contribution in [2.75, 3.05) is 13.7 Å². The maximum atomic E-state index is 9.88. The normalized spacial score (nSPS) is 46.8. The van der Waals surface area contributed by atoms with Crippen molar-refractivity contribution in [2.45, 2.75) is 44.4 Å². The molecular formula is C10H20O5. The molecule has 5 unspecified atom stereocenters. The molecule has 0 aromatic rings. The van der Waals surface area contributed by atoms with Crippen molar-refractivity contribution < 1.29 is 24.8 Å². The van der Waals surface area contributed by atoms with Gasteiger partial charge in [-0.05, 0) is 13.3 Å². The molecule has 15 heavy (non-hydrogen) atoms. The Morgan fingerprint density at radius 3 is 2.40 bits per heavy atom. The first-order valence-corrected chi connectivity index (χ1v) is 5.20. The van der Waals surface area contributed by atoms with Gasteiger partial charge in [0.15, 0.2) is 5.79 Å². The Kier molecular flexibility index (Phi) is 4.08. The lowest BCUT2D eigenvalue weighted by molar-refractivity contribution is -0.342. The summed E-state index contributed by atoms with van der Waals surface area (Å²) >= 11 is 0. The predicted molar refractivity (Wildman–Crippen MR) is 53.2 cm³/mol. The molecule has 1 rings (SSSR count). The number of rotatable bonds is 3. The molecule has 0 radical (unpaired) electrons. The highest BCUT2D eigenvalue weighted by Crippen LogP contribution is 2.34. The number of aliphatic hydroxyl groups is 3. The fourth-order valence-corrected chi connectivity index (χ4v) is 2.07. The van der Waals surface area contributed by atoms with E-state index < -0.39 is 24.1 Å². The third kappa shape index (κ3) is 2.16. The van der Waals surface area contributed by atoms with E-state index in [1.54, 1.807) is 6.92 Å². The Morgan fingerprint density at radius 1 is 1.40 bits per heavy atom. The Hall–Kier alpha value is -0.200. The molecule has 0 bridgehead atoms. The molecule has 0 saturated carbocycles. The zero-order chi connectivity index (χ0) is 11.6. The van der Waals surface area contributed by atoms with E-state index in [9.17, 15) is 10.2 Å². The highest BCUT2D eigenvalue weighted by atomic mass is 16.7. The first-order chi connectivity index (χ1) is 7.00. The first kappa shape index (κ1) is 12.9. The van der Waals surface area contributed by atoms with E-state index in [1.807, 2.05) is 6.92 Å². The van der Waals surface area contributed by atoms with Crippen molar-refractivity contribution in [3.05, 3.63) is 0 Å². The highest BCUT2D eigenvalue weighted by Gasteiger charge is 2.50. The van der Waals surface area contributed by atoms with Crippen LogP contribution in [0.2, 0.25) is 0 Å². The molecule has 5 atom stereocenters. The van der Waals surface area contributed by atoms with Crippen LogP contribution in [-0.4, -0.2) is 53.1 Å². The van der Waals surface area contributed by atoms with Gasteiger partial charge in [0.05, 0.1) is 18.8 Å². The second-order valence-corrected chi connectivity index (χ2v) is 4.07. The standard InChI is InChI=1S/C10H20O5/c1-4-6-7(5-11)15-10(2,14-3)9(13)8(6)12/h6-9,11-13H,4-5H2,1-3H3. The molecule has 5 nitrogen and oxygen atoms in total. The summed E-state index contributed by atoms with van der Waals surface area (Å²) in [4.78, 5) is 0. The molecule has 0 amide bonds. The predicted octanol–water partition coefficient (Wildman–Crippen LogP) is -0.512. The second kappa shape index (κ2) is 4.76. The molecule has 3 N–H and O–H groups in total. The van der Waals surface area contributed by atoms with Gasteiger partial charge in [0.25, 0.3) is 0 Å². The fourth-order valence-electron chi connectivity index (χ4n) is 2.07. The van der Waals surface area contributed by atoms with Gasteiger partial charge < -0.3 is 24.8 Å². The van der Waals surface area contributed by atoms with Gasteiger partial charge in [-0.25, -0.2) is 0 Å². The van der Waals surface area contributed by atoms with E-state index in [2.05, 4.69) is 0 Å². The summed E-state index contributed by atoms with van der Waals surface area (Å²) in [5.41, 5.74) is 0. The van der Waals surface area contributed by atoms with Crippen molar-refractivity contribution in [3.63, 3.8) is 0 Å². The molecule has 1 saturated heterocycles. The molecule has 1 heterocycles. The van der Waals surface area contributed by atoms with Crippen molar-refractivity contribution in [1.82, 2.24) is 0 Å². The highest BCUT2D eigenvalue weighted by molar-refractivity contribution is 4.93. The Balaban J connectivity index is 2.87. The average molecular weight is 220 g/mol. The van der Waals surface area contributed by atoms with Crippen molar-refractivity contribution in [2.24, 2.45) is 5.92 Å². The van der Waals surface area contributed by atoms with Gasteiger partial charge in [-0.15, -0.1) is 0 Å². The lowest BCUT2D eigenvalue weighted by Gasteiger charge is -2.47. The quantitative estimate of drug-likeness (QED) is 0.597. The minimum atomic E-state index is -1.25. The minimum Gasteiger partial charge on any atom is -0.394 e. The molecule has 0 spiro atoms. The van der Waals surface area contributed by atoms with E-state index in [0.29, 0.717) is 6.42 Å².